The SMILES string of the molecule is CC(C)C(=O)N1CCCc2ccc(NC(=O)c3cccc([N+](=O)[O-])c3)cc21. The molecule has 1 N–H and O–H groups in total. The summed E-state index contributed by atoms with van der Waals surface area (Å²) in [5.41, 5.74) is 2.51. The third-order valence-electron chi connectivity index (χ3n) is 4.54. The second-order valence-electron chi connectivity index (χ2n) is 6.85. The predicted molar refractivity (Wildman–Crippen MR) is 103 cm³/mol. The first-order valence-corrected chi connectivity index (χ1v) is 8.87. The lowest BCUT2D eigenvalue weighted by Gasteiger charge is -2.31. The fourth-order valence-electron chi connectivity index (χ4n) is 3.16. The molecule has 0 saturated heterocycles. The van der Waals surface area contributed by atoms with E-state index in [2.05, 4.69) is 5.32 Å². The van der Waals surface area contributed by atoms with Crippen molar-refractivity contribution in [3.63, 3.8) is 0 Å². The summed E-state index contributed by atoms with van der Waals surface area (Å²) < 4.78 is 0. The van der Waals surface area contributed by atoms with Gasteiger partial charge in [0.25, 0.3) is 11.6 Å². The van der Waals surface area contributed by atoms with Crippen LogP contribution in [0.1, 0.15) is 36.2 Å². The van der Waals surface area contributed by atoms with Gasteiger partial charge in [0.2, 0.25) is 5.91 Å². The molecule has 2 aromatic rings. The zero-order chi connectivity index (χ0) is 19.6. The maximum absolute atomic E-state index is 12.5. The first-order valence-electron chi connectivity index (χ1n) is 8.87. The van der Waals surface area contributed by atoms with E-state index < -0.39 is 10.8 Å². The van der Waals surface area contributed by atoms with Crippen LogP contribution in [0.2, 0.25) is 0 Å². The summed E-state index contributed by atoms with van der Waals surface area (Å²) >= 11 is 0. The van der Waals surface area contributed by atoms with Crippen molar-refractivity contribution in [2.75, 3.05) is 16.8 Å². The lowest BCUT2D eigenvalue weighted by Crippen LogP contribution is -2.38. The van der Waals surface area contributed by atoms with Gasteiger partial charge in [0, 0.05) is 41.5 Å². The minimum Gasteiger partial charge on any atom is -0.322 e. The molecule has 7 heteroatoms. The highest BCUT2D eigenvalue weighted by Gasteiger charge is 2.25. The lowest BCUT2D eigenvalue weighted by atomic mass is 9.99. The molecule has 27 heavy (non-hydrogen) atoms. The van der Waals surface area contributed by atoms with E-state index in [9.17, 15) is 19.7 Å². The Kier molecular flexibility index (Phi) is 5.21. The fourth-order valence-corrected chi connectivity index (χ4v) is 3.16. The molecular weight excluding hydrogens is 346 g/mol. The van der Waals surface area contributed by atoms with E-state index in [1.807, 2.05) is 19.9 Å². The van der Waals surface area contributed by atoms with Gasteiger partial charge in [-0.15, -0.1) is 0 Å². The second kappa shape index (κ2) is 7.57. The van der Waals surface area contributed by atoms with Crippen LogP contribution >= 0.6 is 0 Å². The highest BCUT2D eigenvalue weighted by atomic mass is 16.6. The molecule has 140 valence electrons. The molecule has 0 atom stereocenters. The summed E-state index contributed by atoms with van der Waals surface area (Å²) in [6.45, 7) is 4.39. The molecule has 0 bridgehead atoms. The van der Waals surface area contributed by atoms with E-state index in [0.29, 0.717) is 12.2 Å². The first kappa shape index (κ1) is 18.6. The first-order chi connectivity index (χ1) is 12.9. The number of hydrogen-bond donors (Lipinski definition) is 1. The number of nitrogens with one attached hydrogen (secondary N) is 1. The monoisotopic (exact) mass is 367 g/mol. The average Bonchev–Trinajstić information content (AvgIpc) is 2.66. The molecule has 0 aromatic heterocycles. The number of nitro benzene ring substituents is 1. The molecule has 1 heterocycles. The van der Waals surface area contributed by atoms with E-state index in [1.165, 1.54) is 24.3 Å². The van der Waals surface area contributed by atoms with Crippen LogP contribution in [-0.2, 0) is 11.2 Å². The Labute approximate surface area is 157 Å². The average molecular weight is 367 g/mol. The van der Waals surface area contributed by atoms with E-state index in [-0.39, 0.29) is 23.1 Å². The van der Waals surface area contributed by atoms with Gasteiger partial charge < -0.3 is 10.2 Å². The molecule has 1 aliphatic heterocycles. The molecule has 2 aromatic carbocycles. The van der Waals surface area contributed by atoms with Crippen molar-refractivity contribution >= 4 is 28.9 Å². The Hall–Kier alpha value is -3.22. The summed E-state index contributed by atoms with van der Waals surface area (Å²) in [6.07, 6.45) is 1.79. The van der Waals surface area contributed by atoms with Gasteiger partial charge in [-0.2, -0.15) is 0 Å². The Balaban J connectivity index is 1.85. The normalized spacial score (nSPS) is 13.2. The molecule has 0 unspecified atom stereocenters. The number of aryl methyl sites for hydroxylation is 1. The lowest BCUT2D eigenvalue weighted by molar-refractivity contribution is -0.384. The number of carbonyl (C=O) groups excluding carboxylic acids is 2. The van der Waals surface area contributed by atoms with Crippen molar-refractivity contribution in [2.24, 2.45) is 5.92 Å². The molecule has 0 fully saturated rings. The topological polar surface area (TPSA) is 92.6 Å². The van der Waals surface area contributed by atoms with Crippen molar-refractivity contribution in [2.45, 2.75) is 26.7 Å². The quantitative estimate of drug-likeness (QED) is 0.657. The number of carbonyl (C=O) groups is 2. The van der Waals surface area contributed by atoms with E-state index in [4.69, 9.17) is 0 Å². The van der Waals surface area contributed by atoms with Crippen molar-refractivity contribution in [3.8, 4) is 0 Å². The predicted octanol–water partition coefficient (Wildman–Crippen LogP) is 3.78. The number of nitro groups is 1. The second-order valence-corrected chi connectivity index (χ2v) is 6.85. The van der Waals surface area contributed by atoms with Crippen LogP contribution in [0.25, 0.3) is 0 Å². The zero-order valence-corrected chi connectivity index (χ0v) is 15.3. The highest BCUT2D eigenvalue weighted by Crippen LogP contribution is 2.31. The van der Waals surface area contributed by atoms with Gasteiger partial charge >= 0.3 is 0 Å². The summed E-state index contributed by atoms with van der Waals surface area (Å²) in [4.78, 5) is 37.1. The van der Waals surface area contributed by atoms with E-state index in [0.717, 1.165) is 24.1 Å². The number of nitrogens with zero attached hydrogens (tertiary/aromatic N) is 2. The van der Waals surface area contributed by atoms with Crippen molar-refractivity contribution in [3.05, 3.63) is 63.7 Å². The number of benzene rings is 2. The van der Waals surface area contributed by atoms with E-state index in [1.54, 1.807) is 17.0 Å². The third-order valence-corrected chi connectivity index (χ3v) is 4.54. The van der Waals surface area contributed by atoms with Crippen LogP contribution in [0.3, 0.4) is 0 Å². The highest BCUT2D eigenvalue weighted by molar-refractivity contribution is 6.05. The van der Waals surface area contributed by atoms with Gasteiger partial charge in [0.1, 0.15) is 0 Å². The largest absolute Gasteiger partial charge is 0.322 e. The number of hydrogen-bond acceptors (Lipinski definition) is 4. The van der Waals surface area contributed by atoms with Crippen LogP contribution in [0, 0.1) is 16.0 Å². The van der Waals surface area contributed by atoms with Crippen molar-refractivity contribution in [1.29, 1.82) is 0 Å². The maximum Gasteiger partial charge on any atom is 0.270 e. The standard InChI is InChI=1S/C20H21N3O4/c1-13(2)20(25)22-10-4-6-14-8-9-16(12-18(14)22)21-19(24)15-5-3-7-17(11-15)23(26)27/h3,5,7-9,11-13H,4,6,10H2,1-2H3,(H,21,24). The molecule has 0 radical (unpaired) electrons. The van der Waals surface area contributed by atoms with E-state index >= 15 is 0 Å². The minimum atomic E-state index is -0.537. The smallest absolute Gasteiger partial charge is 0.270 e. The summed E-state index contributed by atoms with van der Waals surface area (Å²) in [6, 6.07) is 11.1. The summed E-state index contributed by atoms with van der Waals surface area (Å²) in [7, 11) is 0. The molecule has 7 nitrogen and oxygen atoms in total. The molecule has 0 saturated carbocycles. The fraction of sp³-hybridized carbons (Fsp3) is 0.300. The Morgan fingerprint density at radius 2 is 1.96 bits per heavy atom. The number of non-ortho nitro benzene ring substituents is 1. The van der Waals surface area contributed by atoms with Crippen LogP contribution in [0.4, 0.5) is 17.1 Å². The van der Waals surface area contributed by atoms with Crippen LogP contribution < -0.4 is 10.2 Å². The minimum absolute atomic E-state index is 0.0538. The maximum atomic E-state index is 12.5. The molecule has 2 amide bonds. The van der Waals surface area contributed by atoms with Gasteiger partial charge in [0.05, 0.1) is 4.92 Å². The van der Waals surface area contributed by atoms with Gasteiger partial charge in [-0.05, 0) is 36.6 Å². The Bertz CT molecular complexity index is 908. The number of amides is 2. The van der Waals surface area contributed by atoms with Gasteiger partial charge in [-0.1, -0.05) is 26.0 Å². The number of anilines is 2. The number of rotatable bonds is 4. The third kappa shape index (κ3) is 3.97. The van der Waals surface area contributed by atoms with Crippen molar-refractivity contribution in [1.82, 2.24) is 0 Å². The molecule has 3 rings (SSSR count). The van der Waals surface area contributed by atoms with Gasteiger partial charge in [-0.25, -0.2) is 0 Å². The zero-order valence-electron chi connectivity index (χ0n) is 15.3. The number of fused-ring (bicyclic) bond motifs is 1. The van der Waals surface area contributed by atoms with Gasteiger partial charge in [-0.3, -0.25) is 19.7 Å². The Morgan fingerprint density at radius 3 is 2.67 bits per heavy atom. The molecular formula is C20H21N3O4. The van der Waals surface area contributed by atoms with Gasteiger partial charge in [0.15, 0.2) is 0 Å². The van der Waals surface area contributed by atoms with Crippen LogP contribution in [0.5, 0.6) is 0 Å². The summed E-state index contributed by atoms with van der Waals surface area (Å²) in [5.74, 6) is -0.492. The molecule has 0 spiro atoms. The summed E-state index contributed by atoms with van der Waals surface area (Å²) in [5, 5.41) is 13.6. The molecule has 0 aliphatic carbocycles. The van der Waals surface area contributed by atoms with Crippen LogP contribution in [-0.4, -0.2) is 23.3 Å². The van der Waals surface area contributed by atoms with Crippen LogP contribution in [0.15, 0.2) is 42.5 Å². The molecule has 1 aliphatic rings. The Morgan fingerprint density at radius 1 is 1.19 bits per heavy atom. The van der Waals surface area contributed by atoms with Crippen molar-refractivity contribution < 1.29 is 14.5 Å².